The number of piperazine rings is 1. The maximum atomic E-state index is 12.6. The molecule has 3 saturated heterocycles. The van der Waals surface area contributed by atoms with Gasteiger partial charge in [0.25, 0.3) is 5.91 Å². The van der Waals surface area contributed by atoms with Gasteiger partial charge in [-0.25, -0.2) is 0 Å². The maximum Gasteiger partial charge on any atom is 0.251 e. The molecular weight excluding hydrogens is 464 g/mol. The van der Waals surface area contributed by atoms with E-state index in [1.807, 2.05) is 17.2 Å². The summed E-state index contributed by atoms with van der Waals surface area (Å²) >= 11 is 0. The van der Waals surface area contributed by atoms with Crippen LogP contribution in [0.1, 0.15) is 25.7 Å². The highest BCUT2D eigenvalue weighted by Crippen LogP contribution is 2.38. The van der Waals surface area contributed by atoms with E-state index in [1.54, 1.807) is 0 Å². The van der Waals surface area contributed by atoms with Crippen LogP contribution < -0.4 is 9.64 Å². The Morgan fingerprint density at radius 1 is 0.946 bits per heavy atom. The fourth-order valence-electron chi connectivity index (χ4n) is 5.79. The first-order chi connectivity index (χ1) is 18.2. The minimum atomic E-state index is -0.231. The SMILES string of the molecule is CN1CCN(c2c(-c3ccc(OC4CCN(C(=O)[C@H]5CCCO5)CC4)cc3)ccc3cccnc23)CC1. The standard InChI is InChI=1S/C30H36N4O3/c1-32-17-19-33(20-18-32)29-26(11-8-23-4-2-14-31-28(23)29)22-6-9-24(10-7-22)37-25-12-15-34(16-13-25)30(35)27-5-3-21-36-27/h2,4,6-11,14,25,27H,3,5,12-13,15-21H2,1H3/t27-/m1/s1. The van der Waals surface area contributed by atoms with Gasteiger partial charge >= 0.3 is 0 Å². The third-order valence-electron chi connectivity index (χ3n) is 7.99. The molecule has 3 fully saturated rings. The van der Waals surface area contributed by atoms with E-state index in [-0.39, 0.29) is 18.1 Å². The summed E-state index contributed by atoms with van der Waals surface area (Å²) in [6.45, 7) is 6.27. The first-order valence-corrected chi connectivity index (χ1v) is 13.6. The Kier molecular flexibility index (Phi) is 6.98. The molecule has 3 aliphatic heterocycles. The Balaban J connectivity index is 1.16. The lowest BCUT2D eigenvalue weighted by atomic mass is 9.99. The number of pyridine rings is 1. The molecule has 7 nitrogen and oxygen atoms in total. The molecule has 0 radical (unpaired) electrons. The molecule has 3 aromatic rings. The van der Waals surface area contributed by atoms with E-state index < -0.39 is 0 Å². The number of rotatable bonds is 5. The van der Waals surface area contributed by atoms with Crippen LogP contribution in [0.25, 0.3) is 22.0 Å². The number of hydrogen-bond acceptors (Lipinski definition) is 6. The van der Waals surface area contributed by atoms with Crippen molar-refractivity contribution in [3.8, 4) is 16.9 Å². The fourth-order valence-corrected chi connectivity index (χ4v) is 5.79. The van der Waals surface area contributed by atoms with Crippen molar-refractivity contribution < 1.29 is 14.3 Å². The van der Waals surface area contributed by atoms with Gasteiger partial charge in [0.1, 0.15) is 18.0 Å². The van der Waals surface area contributed by atoms with Crippen LogP contribution >= 0.6 is 0 Å². The van der Waals surface area contributed by atoms with Crippen LogP contribution in [0.2, 0.25) is 0 Å². The third-order valence-corrected chi connectivity index (χ3v) is 7.99. The van der Waals surface area contributed by atoms with Gasteiger partial charge in [0, 0.05) is 75.9 Å². The summed E-state index contributed by atoms with van der Waals surface area (Å²) in [5.74, 6) is 1.04. The van der Waals surface area contributed by atoms with Gasteiger partial charge < -0.3 is 24.2 Å². The maximum absolute atomic E-state index is 12.6. The van der Waals surface area contributed by atoms with Gasteiger partial charge in [0.15, 0.2) is 0 Å². The quantitative estimate of drug-likeness (QED) is 0.523. The number of aromatic nitrogens is 1. The molecule has 37 heavy (non-hydrogen) atoms. The number of carbonyl (C=O) groups excluding carboxylic acids is 1. The third kappa shape index (κ3) is 5.15. The Morgan fingerprint density at radius 3 is 2.46 bits per heavy atom. The molecule has 194 valence electrons. The molecule has 1 amide bonds. The molecule has 0 N–H and O–H groups in total. The Hall–Kier alpha value is -3.16. The van der Waals surface area contributed by atoms with Crippen LogP contribution in [0, 0.1) is 0 Å². The average molecular weight is 501 g/mol. The largest absolute Gasteiger partial charge is 0.490 e. The number of likely N-dealkylation sites (N-methyl/N-ethyl adjacent to an activating group) is 1. The van der Waals surface area contributed by atoms with E-state index >= 15 is 0 Å². The minimum Gasteiger partial charge on any atom is -0.490 e. The van der Waals surface area contributed by atoms with Gasteiger partial charge in [-0.1, -0.05) is 30.3 Å². The number of carbonyl (C=O) groups is 1. The van der Waals surface area contributed by atoms with Gasteiger partial charge in [-0.2, -0.15) is 0 Å². The van der Waals surface area contributed by atoms with Crippen molar-refractivity contribution in [3.05, 3.63) is 54.7 Å². The van der Waals surface area contributed by atoms with E-state index in [1.165, 1.54) is 22.2 Å². The van der Waals surface area contributed by atoms with E-state index in [2.05, 4.69) is 59.3 Å². The topological polar surface area (TPSA) is 58.1 Å². The molecule has 0 bridgehead atoms. The molecule has 1 aromatic heterocycles. The van der Waals surface area contributed by atoms with E-state index in [0.717, 1.165) is 76.2 Å². The van der Waals surface area contributed by atoms with Crippen LogP contribution in [0.4, 0.5) is 5.69 Å². The molecule has 0 saturated carbocycles. The Labute approximate surface area is 219 Å². The normalized spacial score (nSPS) is 21.5. The lowest BCUT2D eigenvalue weighted by Crippen LogP contribution is -2.45. The summed E-state index contributed by atoms with van der Waals surface area (Å²) in [4.78, 5) is 24.2. The highest BCUT2D eigenvalue weighted by atomic mass is 16.5. The second-order valence-corrected chi connectivity index (χ2v) is 10.5. The summed E-state index contributed by atoms with van der Waals surface area (Å²) in [6, 6.07) is 17.0. The summed E-state index contributed by atoms with van der Waals surface area (Å²) in [6.07, 6.45) is 5.33. The van der Waals surface area contributed by atoms with Gasteiger partial charge in [-0.3, -0.25) is 9.78 Å². The number of likely N-dealkylation sites (tertiary alicyclic amines) is 1. The zero-order chi connectivity index (χ0) is 25.2. The van der Waals surface area contributed by atoms with Gasteiger partial charge in [0.05, 0.1) is 11.2 Å². The second-order valence-electron chi connectivity index (χ2n) is 10.5. The van der Waals surface area contributed by atoms with Gasteiger partial charge in [-0.05, 0) is 43.7 Å². The predicted octanol–water partition coefficient (Wildman–Crippen LogP) is 4.20. The number of ether oxygens (including phenoxy) is 2. The number of nitrogens with zero attached hydrogens (tertiary/aromatic N) is 4. The molecule has 1 atom stereocenters. The Bertz CT molecular complexity index is 1230. The number of benzene rings is 2. The minimum absolute atomic E-state index is 0.130. The van der Waals surface area contributed by atoms with Crippen LogP contribution in [0.3, 0.4) is 0 Å². The van der Waals surface area contributed by atoms with Gasteiger partial charge in [-0.15, -0.1) is 0 Å². The number of piperidine rings is 1. The molecule has 3 aliphatic rings. The van der Waals surface area contributed by atoms with Crippen LogP contribution in [-0.4, -0.2) is 85.8 Å². The molecular formula is C30H36N4O3. The number of fused-ring (bicyclic) bond motifs is 1. The van der Waals surface area contributed by atoms with Crippen molar-refractivity contribution in [2.24, 2.45) is 0 Å². The predicted molar refractivity (Wildman–Crippen MR) is 146 cm³/mol. The molecule has 0 unspecified atom stereocenters. The smallest absolute Gasteiger partial charge is 0.251 e. The number of amides is 1. The second kappa shape index (κ2) is 10.7. The van der Waals surface area contributed by atoms with Crippen LogP contribution in [0.15, 0.2) is 54.7 Å². The van der Waals surface area contributed by atoms with Crippen LogP contribution in [0.5, 0.6) is 5.75 Å². The fraction of sp³-hybridized carbons (Fsp3) is 0.467. The Morgan fingerprint density at radius 2 is 1.73 bits per heavy atom. The monoisotopic (exact) mass is 500 g/mol. The highest BCUT2D eigenvalue weighted by molar-refractivity contribution is 5.99. The van der Waals surface area contributed by atoms with Crippen molar-refractivity contribution in [3.63, 3.8) is 0 Å². The molecule has 0 aliphatic carbocycles. The molecule has 4 heterocycles. The van der Waals surface area contributed by atoms with E-state index in [0.29, 0.717) is 6.61 Å². The lowest BCUT2D eigenvalue weighted by Gasteiger charge is -2.35. The molecule has 0 spiro atoms. The molecule has 7 heteroatoms. The average Bonchev–Trinajstić information content (AvgIpc) is 3.49. The van der Waals surface area contributed by atoms with Crippen molar-refractivity contribution >= 4 is 22.5 Å². The summed E-state index contributed by atoms with van der Waals surface area (Å²) in [5, 5.41) is 1.17. The first kappa shape index (κ1) is 24.2. The van der Waals surface area contributed by atoms with E-state index in [4.69, 9.17) is 14.5 Å². The number of hydrogen-bond donors (Lipinski definition) is 0. The van der Waals surface area contributed by atoms with Crippen molar-refractivity contribution in [1.29, 1.82) is 0 Å². The highest BCUT2D eigenvalue weighted by Gasteiger charge is 2.31. The lowest BCUT2D eigenvalue weighted by molar-refractivity contribution is -0.142. The summed E-state index contributed by atoms with van der Waals surface area (Å²) < 4.78 is 11.9. The summed E-state index contributed by atoms with van der Waals surface area (Å²) in [7, 11) is 2.18. The number of anilines is 1. The van der Waals surface area contributed by atoms with Crippen molar-refractivity contribution in [2.75, 3.05) is 57.8 Å². The van der Waals surface area contributed by atoms with Crippen molar-refractivity contribution in [2.45, 2.75) is 37.9 Å². The van der Waals surface area contributed by atoms with Crippen molar-refractivity contribution in [1.82, 2.24) is 14.8 Å². The summed E-state index contributed by atoms with van der Waals surface area (Å²) in [5.41, 5.74) is 4.67. The molecule has 2 aromatic carbocycles. The molecule has 6 rings (SSSR count). The van der Waals surface area contributed by atoms with Gasteiger partial charge in [0.2, 0.25) is 0 Å². The first-order valence-electron chi connectivity index (χ1n) is 13.6. The van der Waals surface area contributed by atoms with E-state index in [9.17, 15) is 4.79 Å². The zero-order valence-corrected chi connectivity index (χ0v) is 21.6. The van der Waals surface area contributed by atoms with Crippen LogP contribution in [-0.2, 0) is 9.53 Å². The zero-order valence-electron chi connectivity index (χ0n) is 21.6.